The molecule has 0 aromatic carbocycles. The summed E-state index contributed by atoms with van der Waals surface area (Å²) in [5.74, 6) is 0.557. The number of nitriles is 1. The number of aromatic nitrogens is 1. The van der Waals surface area contributed by atoms with Crippen LogP contribution in [0.2, 0.25) is 0 Å². The second-order valence-electron chi connectivity index (χ2n) is 3.14. The third-order valence-corrected chi connectivity index (χ3v) is 3.00. The van der Waals surface area contributed by atoms with Crippen LogP contribution in [0.3, 0.4) is 0 Å². The first kappa shape index (κ1) is 10.7. The zero-order valence-electron chi connectivity index (χ0n) is 8.59. The summed E-state index contributed by atoms with van der Waals surface area (Å²) in [7, 11) is 0. The lowest BCUT2D eigenvalue weighted by Gasteiger charge is -2.05. The minimum Gasteiger partial charge on any atom is -0.490 e. The van der Waals surface area contributed by atoms with Crippen LogP contribution in [0.25, 0.3) is 0 Å². The molecule has 0 saturated carbocycles. The molecule has 0 saturated heterocycles. The lowest BCUT2D eigenvalue weighted by molar-refractivity contribution is 0.320. The van der Waals surface area contributed by atoms with E-state index >= 15 is 0 Å². The molecule has 2 rings (SSSR count). The third kappa shape index (κ3) is 2.59. The number of hydrogen-bond donors (Lipinski definition) is 0. The van der Waals surface area contributed by atoms with Crippen molar-refractivity contribution in [3.63, 3.8) is 0 Å². The highest BCUT2D eigenvalue weighted by Crippen LogP contribution is 2.15. The first-order valence-corrected chi connectivity index (χ1v) is 5.78. The zero-order chi connectivity index (χ0) is 11.2. The Kier molecular flexibility index (Phi) is 3.52. The molecular weight excluding hydrogens is 220 g/mol. The summed E-state index contributed by atoms with van der Waals surface area (Å²) in [5, 5.41) is 10.9. The normalized spacial score (nSPS) is 9.69. The molecule has 0 fully saturated rings. The van der Waals surface area contributed by atoms with E-state index in [4.69, 9.17) is 10.00 Å². The van der Waals surface area contributed by atoms with Gasteiger partial charge in [-0.2, -0.15) is 5.26 Å². The maximum atomic E-state index is 8.81. The Balaban J connectivity index is 1.93. The summed E-state index contributed by atoms with van der Waals surface area (Å²) in [6.07, 6.45) is 2.45. The number of rotatable bonds is 4. The predicted octanol–water partition coefficient (Wildman–Crippen LogP) is 2.64. The molecule has 16 heavy (non-hydrogen) atoms. The van der Waals surface area contributed by atoms with Crippen LogP contribution in [0.4, 0.5) is 0 Å². The van der Waals surface area contributed by atoms with Crippen LogP contribution in [0, 0.1) is 11.3 Å². The van der Waals surface area contributed by atoms with Gasteiger partial charge < -0.3 is 4.74 Å². The minimum atomic E-state index is 0.341. The van der Waals surface area contributed by atoms with E-state index in [-0.39, 0.29) is 0 Å². The number of ether oxygens (including phenoxy) is 1. The van der Waals surface area contributed by atoms with E-state index in [9.17, 15) is 0 Å². The van der Waals surface area contributed by atoms with Crippen molar-refractivity contribution in [3.05, 3.63) is 46.4 Å². The van der Waals surface area contributed by atoms with Gasteiger partial charge in [0.2, 0.25) is 0 Å². The van der Waals surface area contributed by atoms with Gasteiger partial charge in [0.05, 0.1) is 6.61 Å². The highest BCUT2D eigenvalue weighted by atomic mass is 32.1. The van der Waals surface area contributed by atoms with E-state index in [1.165, 1.54) is 4.88 Å². The van der Waals surface area contributed by atoms with Gasteiger partial charge in [0, 0.05) is 17.5 Å². The maximum absolute atomic E-state index is 8.81. The van der Waals surface area contributed by atoms with Gasteiger partial charge in [-0.1, -0.05) is 6.07 Å². The van der Waals surface area contributed by atoms with Crippen molar-refractivity contribution >= 4 is 11.3 Å². The monoisotopic (exact) mass is 230 g/mol. The summed E-state index contributed by atoms with van der Waals surface area (Å²) in [5.41, 5.74) is 0.341. The Morgan fingerprint density at radius 1 is 1.38 bits per heavy atom. The van der Waals surface area contributed by atoms with E-state index < -0.39 is 0 Å². The molecule has 0 radical (unpaired) electrons. The maximum Gasteiger partial charge on any atom is 0.182 e. The highest BCUT2D eigenvalue weighted by Gasteiger charge is 2.03. The number of thiophene rings is 1. The van der Waals surface area contributed by atoms with Gasteiger partial charge in [0.1, 0.15) is 6.07 Å². The van der Waals surface area contributed by atoms with Gasteiger partial charge in [-0.05, 0) is 23.6 Å². The first-order chi connectivity index (χ1) is 7.90. The first-order valence-electron chi connectivity index (χ1n) is 4.90. The minimum absolute atomic E-state index is 0.341. The molecule has 0 aliphatic carbocycles. The summed E-state index contributed by atoms with van der Waals surface area (Å²) >= 11 is 1.71. The smallest absolute Gasteiger partial charge is 0.182 e. The summed E-state index contributed by atoms with van der Waals surface area (Å²) in [4.78, 5) is 5.21. The van der Waals surface area contributed by atoms with Crippen LogP contribution in [0.15, 0.2) is 35.8 Å². The van der Waals surface area contributed by atoms with Crippen LogP contribution in [0.1, 0.15) is 10.6 Å². The Hall–Kier alpha value is -1.86. The van der Waals surface area contributed by atoms with Crippen molar-refractivity contribution in [1.82, 2.24) is 4.98 Å². The topological polar surface area (TPSA) is 45.9 Å². The molecule has 4 heteroatoms. The molecule has 0 atom stereocenters. The van der Waals surface area contributed by atoms with Crippen LogP contribution < -0.4 is 4.74 Å². The molecule has 2 heterocycles. The van der Waals surface area contributed by atoms with E-state index in [2.05, 4.69) is 11.1 Å². The number of nitrogens with zero attached hydrogens (tertiary/aromatic N) is 2. The van der Waals surface area contributed by atoms with Crippen molar-refractivity contribution in [3.8, 4) is 11.8 Å². The Morgan fingerprint density at radius 3 is 3.06 bits per heavy atom. The Labute approximate surface area is 97.9 Å². The molecule has 0 amide bonds. The van der Waals surface area contributed by atoms with Crippen LogP contribution in [0.5, 0.6) is 5.75 Å². The molecule has 0 bridgehead atoms. The van der Waals surface area contributed by atoms with Gasteiger partial charge in [-0.3, -0.25) is 0 Å². The zero-order valence-corrected chi connectivity index (χ0v) is 9.41. The van der Waals surface area contributed by atoms with E-state index in [0.29, 0.717) is 18.1 Å². The second kappa shape index (κ2) is 5.29. The molecule has 0 unspecified atom stereocenters. The van der Waals surface area contributed by atoms with Gasteiger partial charge in [0.15, 0.2) is 11.4 Å². The third-order valence-electron chi connectivity index (χ3n) is 2.06. The SMILES string of the molecule is N#Cc1ncccc1OCCc1cccs1. The van der Waals surface area contributed by atoms with E-state index in [1.54, 1.807) is 29.7 Å². The molecule has 0 spiro atoms. The average Bonchev–Trinajstić information content (AvgIpc) is 2.83. The summed E-state index contributed by atoms with van der Waals surface area (Å²) in [6, 6.07) is 9.63. The molecule has 80 valence electrons. The van der Waals surface area contributed by atoms with Crippen LogP contribution in [-0.2, 0) is 6.42 Å². The quantitative estimate of drug-likeness (QED) is 0.811. The average molecular weight is 230 g/mol. The van der Waals surface area contributed by atoms with Crippen molar-refractivity contribution in [1.29, 1.82) is 5.26 Å². The van der Waals surface area contributed by atoms with Crippen molar-refractivity contribution in [2.45, 2.75) is 6.42 Å². The molecule has 2 aromatic rings. The largest absolute Gasteiger partial charge is 0.490 e. The molecule has 2 aromatic heterocycles. The van der Waals surface area contributed by atoms with E-state index in [0.717, 1.165) is 6.42 Å². The molecular formula is C12H10N2OS. The van der Waals surface area contributed by atoms with Gasteiger partial charge in [-0.25, -0.2) is 4.98 Å². The lowest BCUT2D eigenvalue weighted by atomic mass is 10.3. The molecule has 0 aliphatic heterocycles. The highest BCUT2D eigenvalue weighted by molar-refractivity contribution is 7.09. The number of pyridine rings is 1. The summed E-state index contributed by atoms with van der Waals surface area (Å²) < 4.78 is 5.52. The number of hydrogen-bond acceptors (Lipinski definition) is 4. The van der Waals surface area contributed by atoms with Crippen LogP contribution >= 0.6 is 11.3 Å². The van der Waals surface area contributed by atoms with Gasteiger partial charge >= 0.3 is 0 Å². The molecule has 0 N–H and O–H groups in total. The van der Waals surface area contributed by atoms with Crippen molar-refractivity contribution in [2.24, 2.45) is 0 Å². The predicted molar refractivity (Wildman–Crippen MR) is 62.5 cm³/mol. The second-order valence-corrected chi connectivity index (χ2v) is 4.17. The van der Waals surface area contributed by atoms with Gasteiger partial charge in [-0.15, -0.1) is 11.3 Å². The Morgan fingerprint density at radius 2 is 2.31 bits per heavy atom. The fourth-order valence-electron chi connectivity index (χ4n) is 1.31. The van der Waals surface area contributed by atoms with Crippen molar-refractivity contribution in [2.75, 3.05) is 6.61 Å². The Bertz CT molecular complexity index is 488. The standard InChI is InChI=1S/C12H10N2OS/c13-9-11-12(4-1-6-14-11)15-7-5-10-3-2-8-16-10/h1-4,6,8H,5,7H2. The fraction of sp³-hybridized carbons (Fsp3) is 0.167. The molecule has 3 nitrogen and oxygen atoms in total. The molecule has 0 aliphatic rings. The van der Waals surface area contributed by atoms with E-state index in [1.807, 2.05) is 17.5 Å². The van der Waals surface area contributed by atoms with Crippen LogP contribution in [-0.4, -0.2) is 11.6 Å². The summed E-state index contributed by atoms with van der Waals surface area (Å²) in [6.45, 7) is 0.570. The lowest BCUT2D eigenvalue weighted by Crippen LogP contribution is -2.02. The fourth-order valence-corrected chi connectivity index (χ4v) is 2.00. The van der Waals surface area contributed by atoms with Gasteiger partial charge in [0.25, 0.3) is 0 Å². The van der Waals surface area contributed by atoms with Crippen molar-refractivity contribution < 1.29 is 4.74 Å².